The van der Waals surface area contributed by atoms with Gasteiger partial charge < -0.3 is 21.1 Å². The Morgan fingerprint density at radius 3 is 3.07 bits per heavy atom. The van der Waals surface area contributed by atoms with E-state index in [2.05, 4.69) is 10.6 Å². The number of carbonyl (C=O) groups is 1. The molecule has 82 valence electrons. The van der Waals surface area contributed by atoms with Crippen LogP contribution < -0.4 is 16.4 Å². The maximum atomic E-state index is 11.4. The summed E-state index contributed by atoms with van der Waals surface area (Å²) in [7, 11) is 0. The van der Waals surface area contributed by atoms with Crippen LogP contribution in [0.1, 0.15) is 12.8 Å². The molecule has 0 aromatic carbocycles. The average Bonchev–Trinajstić information content (AvgIpc) is 2.70. The van der Waals surface area contributed by atoms with E-state index < -0.39 is 0 Å². The zero-order chi connectivity index (χ0) is 10.2. The molecule has 1 aliphatic heterocycles. The molecule has 1 aliphatic rings. The molecule has 0 aromatic heterocycles. The Morgan fingerprint density at radius 2 is 2.43 bits per heavy atom. The normalized spacial score (nSPS) is 21.1. The van der Waals surface area contributed by atoms with E-state index >= 15 is 0 Å². The van der Waals surface area contributed by atoms with Crippen LogP contribution >= 0.6 is 0 Å². The highest BCUT2D eigenvalue weighted by Gasteiger charge is 2.20. The van der Waals surface area contributed by atoms with Gasteiger partial charge in [0.25, 0.3) is 0 Å². The topological polar surface area (TPSA) is 76.4 Å². The minimum Gasteiger partial charge on any atom is -0.378 e. The number of hydrogen-bond acceptors (Lipinski definition) is 4. The van der Waals surface area contributed by atoms with E-state index in [0.717, 1.165) is 19.4 Å². The highest BCUT2D eigenvalue weighted by Crippen LogP contribution is 2.03. The van der Waals surface area contributed by atoms with Gasteiger partial charge in [-0.05, 0) is 19.4 Å². The molecule has 1 heterocycles. The second-order valence-corrected chi connectivity index (χ2v) is 3.34. The Labute approximate surface area is 84.4 Å². The summed E-state index contributed by atoms with van der Waals surface area (Å²) in [5, 5.41) is 5.95. The molecule has 0 aliphatic carbocycles. The fourth-order valence-electron chi connectivity index (χ4n) is 1.46. The molecule has 0 saturated carbocycles. The molecule has 1 unspecified atom stereocenters. The number of carbonyl (C=O) groups excluding carboxylic acids is 1. The van der Waals surface area contributed by atoms with Crippen LogP contribution in [0.25, 0.3) is 0 Å². The first kappa shape index (κ1) is 11.4. The summed E-state index contributed by atoms with van der Waals surface area (Å²) < 4.78 is 5.14. The summed E-state index contributed by atoms with van der Waals surface area (Å²) in [6, 6.07) is 0.00417. The third-order valence-electron chi connectivity index (χ3n) is 2.18. The van der Waals surface area contributed by atoms with Crippen molar-refractivity contribution >= 4 is 5.91 Å². The molecular weight excluding hydrogens is 182 g/mol. The molecule has 1 rings (SSSR count). The van der Waals surface area contributed by atoms with E-state index in [4.69, 9.17) is 10.5 Å². The van der Waals surface area contributed by atoms with Gasteiger partial charge in [-0.15, -0.1) is 0 Å². The van der Waals surface area contributed by atoms with Crippen molar-refractivity contribution < 1.29 is 9.53 Å². The Kier molecular flexibility index (Phi) is 5.51. The Balaban J connectivity index is 1.97. The van der Waals surface area contributed by atoms with Crippen molar-refractivity contribution in [3.05, 3.63) is 0 Å². The van der Waals surface area contributed by atoms with Crippen molar-refractivity contribution in [3.8, 4) is 0 Å². The van der Waals surface area contributed by atoms with E-state index in [1.165, 1.54) is 0 Å². The molecular formula is C9H19N3O2. The molecule has 1 atom stereocenters. The predicted octanol–water partition coefficient (Wildman–Crippen LogP) is -1.17. The van der Waals surface area contributed by atoms with Crippen LogP contribution in [0.3, 0.4) is 0 Å². The number of ether oxygens (including phenoxy) is 1. The SMILES string of the molecule is NCCOCCNC(=O)C1CCCN1. The maximum absolute atomic E-state index is 11.4. The van der Waals surface area contributed by atoms with Gasteiger partial charge in [0.1, 0.15) is 0 Å². The maximum Gasteiger partial charge on any atom is 0.237 e. The van der Waals surface area contributed by atoms with E-state index in [1.54, 1.807) is 0 Å². The smallest absolute Gasteiger partial charge is 0.237 e. The zero-order valence-electron chi connectivity index (χ0n) is 8.42. The zero-order valence-corrected chi connectivity index (χ0v) is 8.42. The molecule has 1 amide bonds. The lowest BCUT2D eigenvalue weighted by Crippen LogP contribution is -2.41. The number of nitrogens with two attached hydrogens (primary N) is 1. The summed E-state index contributed by atoms with van der Waals surface area (Å²) >= 11 is 0. The standard InChI is InChI=1S/C9H19N3O2/c10-3-6-14-7-5-12-9(13)8-2-1-4-11-8/h8,11H,1-7,10H2,(H,12,13). The molecule has 4 N–H and O–H groups in total. The lowest BCUT2D eigenvalue weighted by atomic mass is 10.2. The van der Waals surface area contributed by atoms with Gasteiger partial charge in [0.15, 0.2) is 0 Å². The fourth-order valence-corrected chi connectivity index (χ4v) is 1.46. The highest BCUT2D eigenvalue weighted by atomic mass is 16.5. The van der Waals surface area contributed by atoms with Crippen LogP contribution in [-0.2, 0) is 9.53 Å². The quantitative estimate of drug-likeness (QED) is 0.473. The number of rotatable bonds is 6. The lowest BCUT2D eigenvalue weighted by molar-refractivity contribution is -0.123. The van der Waals surface area contributed by atoms with Gasteiger partial charge in [0.05, 0.1) is 19.3 Å². The van der Waals surface area contributed by atoms with Gasteiger partial charge in [0.2, 0.25) is 5.91 Å². The Morgan fingerprint density at radius 1 is 1.57 bits per heavy atom. The monoisotopic (exact) mass is 201 g/mol. The van der Waals surface area contributed by atoms with Crippen molar-refractivity contribution in [1.82, 2.24) is 10.6 Å². The number of hydrogen-bond donors (Lipinski definition) is 3. The van der Waals surface area contributed by atoms with Crippen molar-refractivity contribution in [2.24, 2.45) is 5.73 Å². The molecule has 0 bridgehead atoms. The van der Waals surface area contributed by atoms with Crippen LogP contribution in [0.15, 0.2) is 0 Å². The van der Waals surface area contributed by atoms with Crippen molar-refractivity contribution in [2.75, 3.05) is 32.8 Å². The number of amides is 1. The summed E-state index contributed by atoms with van der Waals surface area (Å²) in [6.45, 7) is 3.13. The lowest BCUT2D eigenvalue weighted by Gasteiger charge is -2.10. The van der Waals surface area contributed by atoms with E-state index in [9.17, 15) is 4.79 Å². The van der Waals surface area contributed by atoms with Crippen LogP contribution in [0, 0.1) is 0 Å². The fraction of sp³-hybridized carbons (Fsp3) is 0.889. The number of nitrogens with one attached hydrogen (secondary N) is 2. The first-order valence-corrected chi connectivity index (χ1v) is 5.13. The summed E-state index contributed by atoms with van der Waals surface area (Å²) in [5.74, 6) is 0.0823. The second-order valence-electron chi connectivity index (χ2n) is 3.34. The van der Waals surface area contributed by atoms with Gasteiger partial charge >= 0.3 is 0 Å². The van der Waals surface area contributed by atoms with E-state index in [-0.39, 0.29) is 11.9 Å². The first-order chi connectivity index (χ1) is 6.84. The first-order valence-electron chi connectivity index (χ1n) is 5.13. The van der Waals surface area contributed by atoms with Crippen LogP contribution in [0.2, 0.25) is 0 Å². The van der Waals surface area contributed by atoms with E-state index in [0.29, 0.717) is 26.3 Å². The summed E-state index contributed by atoms with van der Waals surface area (Å²) in [6.07, 6.45) is 2.03. The Hall–Kier alpha value is -0.650. The minimum absolute atomic E-state index is 0.00417. The molecule has 1 fully saturated rings. The molecule has 14 heavy (non-hydrogen) atoms. The Bertz CT molecular complexity index is 169. The van der Waals surface area contributed by atoms with Crippen LogP contribution in [0.5, 0.6) is 0 Å². The highest BCUT2D eigenvalue weighted by molar-refractivity contribution is 5.81. The molecule has 5 heteroatoms. The summed E-state index contributed by atoms with van der Waals surface area (Å²) in [4.78, 5) is 11.4. The van der Waals surface area contributed by atoms with Gasteiger partial charge in [-0.3, -0.25) is 4.79 Å². The average molecular weight is 201 g/mol. The molecule has 1 saturated heterocycles. The largest absolute Gasteiger partial charge is 0.378 e. The van der Waals surface area contributed by atoms with Gasteiger partial charge in [0, 0.05) is 13.1 Å². The molecule has 0 radical (unpaired) electrons. The van der Waals surface area contributed by atoms with Crippen molar-refractivity contribution in [1.29, 1.82) is 0 Å². The van der Waals surface area contributed by atoms with Crippen LogP contribution in [-0.4, -0.2) is 44.8 Å². The van der Waals surface area contributed by atoms with Gasteiger partial charge in [-0.2, -0.15) is 0 Å². The van der Waals surface area contributed by atoms with Crippen molar-refractivity contribution in [3.63, 3.8) is 0 Å². The third kappa shape index (κ3) is 4.04. The summed E-state index contributed by atoms with van der Waals surface area (Å²) in [5.41, 5.74) is 5.25. The molecule has 0 spiro atoms. The van der Waals surface area contributed by atoms with Crippen LogP contribution in [0.4, 0.5) is 0 Å². The molecule has 5 nitrogen and oxygen atoms in total. The van der Waals surface area contributed by atoms with E-state index in [1.807, 2.05) is 0 Å². The predicted molar refractivity (Wildman–Crippen MR) is 53.9 cm³/mol. The second kappa shape index (κ2) is 6.75. The van der Waals surface area contributed by atoms with Gasteiger partial charge in [-0.25, -0.2) is 0 Å². The third-order valence-corrected chi connectivity index (χ3v) is 2.18. The minimum atomic E-state index is 0.00417. The van der Waals surface area contributed by atoms with Gasteiger partial charge in [-0.1, -0.05) is 0 Å². The van der Waals surface area contributed by atoms with Crippen molar-refractivity contribution in [2.45, 2.75) is 18.9 Å². The molecule has 0 aromatic rings.